The van der Waals surface area contributed by atoms with Crippen LogP contribution in [0.3, 0.4) is 0 Å². The lowest BCUT2D eigenvalue weighted by Crippen LogP contribution is -1.96. The van der Waals surface area contributed by atoms with E-state index in [4.69, 9.17) is 0 Å². The molecule has 2 aromatic rings. The number of unbranched alkanes of at least 4 members (excludes halogenated alkanes) is 4. The van der Waals surface area contributed by atoms with Gasteiger partial charge < -0.3 is 5.11 Å². The first-order valence-corrected chi connectivity index (χ1v) is 9.16. The molecule has 0 bridgehead atoms. The van der Waals surface area contributed by atoms with E-state index >= 15 is 0 Å². The first-order chi connectivity index (χ1) is 11.3. The predicted molar refractivity (Wildman–Crippen MR) is 100 cm³/mol. The molecule has 0 heterocycles. The minimum atomic E-state index is 0.441. The molecule has 23 heavy (non-hydrogen) atoms. The molecule has 1 heteroatoms. The van der Waals surface area contributed by atoms with Crippen LogP contribution < -0.4 is 0 Å². The zero-order valence-electron chi connectivity index (χ0n) is 14.6. The summed E-state index contributed by atoms with van der Waals surface area (Å²) in [4.78, 5) is 0. The second-order valence-electron chi connectivity index (χ2n) is 6.43. The maximum absolute atomic E-state index is 10.6. The van der Waals surface area contributed by atoms with Gasteiger partial charge in [0.25, 0.3) is 0 Å². The van der Waals surface area contributed by atoms with Crippen LogP contribution in [0.5, 0.6) is 5.75 Å². The van der Waals surface area contributed by atoms with E-state index in [0.29, 0.717) is 5.75 Å². The molecular weight excluding hydrogens is 280 g/mol. The highest BCUT2D eigenvalue weighted by atomic mass is 16.3. The third kappa shape index (κ3) is 5.13. The fourth-order valence-electron chi connectivity index (χ4n) is 3.17. The molecule has 0 spiro atoms. The molecule has 2 aromatic carbocycles. The van der Waals surface area contributed by atoms with Gasteiger partial charge in [-0.15, -0.1) is 0 Å². The Bertz CT molecular complexity index is 586. The van der Waals surface area contributed by atoms with Crippen molar-refractivity contribution in [1.82, 2.24) is 0 Å². The number of benzene rings is 2. The van der Waals surface area contributed by atoms with E-state index in [1.807, 2.05) is 24.3 Å². The van der Waals surface area contributed by atoms with Crippen LogP contribution in [0, 0.1) is 0 Å². The highest BCUT2D eigenvalue weighted by Crippen LogP contribution is 2.35. The zero-order chi connectivity index (χ0) is 16.5. The highest BCUT2D eigenvalue weighted by molar-refractivity contribution is 5.74. The van der Waals surface area contributed by atoms with E-state index in [9.17, 15) is 5.11 Å². The SMILES string of the molecule is CCCCCc1cc(O)c(-c2ccccc2)c(CCCCC)c1. The molecule has 0 saturated heterocycles. The van der Waals surface area contributed by atoms with Gasteiger partial charge in [-0.2, -0.15) is 0 Å². The van der Waals surface area contributed by atoms with Crippen molar-refractivity contribution in [3.63, 3.8) is 0 Å². The van der Waals surface area contributed by atoms with Crippen molar-refractivity contribution < 1.29 is 5.11 Å². The molecule has 0 aliphatic rings. The first kappa shape index (κ1) is 17.6. The van der Waals surface area contributed by atoms with Crippen LogP contribution in [0.25, 0.3) is 11.1 Å². The Morgan fingerprint density at radius 3 is 2.09 bits per heavy atom. The maximum Gasteiger partial charge on any atom is 0.123 e. The van der Waals surface area contributed by atoms with Crippen LogP contribution in [0.15, 0.2) is 42.5 Å². The Morgan fingerprint density at radius 2 is 1.43 bits per heavy atom. The molecule has 124 valence electrons. The third-order valence-electron chi connectivity index (χ3n) is 4.44. The van der Waals surface area contributed by atoms with Gasteiger partial charge in [0.15, 0.2) is 0 Å². The van der Waals surface area contributed by atoms with Crippen molar-refractivity contribution in [2.24, 2.45) is 0 Å². The number of aryl methyl sites for hydroxylation is 2. The summed E-state index contributed by atoms with van der Waals surface area (Å²) in [6.07, 6.45) is 9.47. The fraction of sp³-hybridized carbons (Fsp3) is 0.455. The summed E-state index contributed by atoms with van der Waals surface area (Å²) in [7, 11) is 0. The van der Waals surface area contributed by atoms with E-state index in [2.05, 4.69) is 32.0 Å². The molecule has 0 aliphatic heterocycles. The molecule has 0 unspecified atom stereocenters. The summed E-state index contributed by atoms with van der Waals surface area (Å²) in [5, 5.41) is 10.6. The molecule has 0 atom stereocenters. The number of phenols is 1. The van der Waals surface area contributed by atoms with E-state index in [1.165, 1.54) is 49.7 Å². The molecule has 1 nitrogen and oxygen atoms in total. The van der Waals surface area contributed by atoms with Gasteiger partial charge in [-0.05, 0) is 48.4 Å². The number of hydrogen-bond acceptors (Lipinski definition) is 1. The quantitative estimate of drug-likeness (QED) is 0.522. The minimum absolute atomic E-state index is 0.441. The summed E-state index contributed by atoms with van der Waals surface area (Å²) in [6, 6.07) is 14.6. The normalized spacial score (nSPS) is 10.9. The van der Waals surface area contributed by atoms with Crippen LogP contribution in [0.2, 0.25) is 0 Å². The van der Waals surface area contributed by atoms with Crippen LogP contribution in [0.1, 0.15) is 63.5 Å². The number of aromatic hydroxyl groups is 1. The zero-order valence-corrected chi connectivity index (χ0v) is 14.6. The number of phenolic OH excluding ortho intramolecular Hbond substituents is 1. The topological polar surface area (TPSA) is 20.2 Å². The standard InChI is InChI=1S/C22H30O/c1-3-5-8-12-18-16-20(15-9-6-4-2)22(21(23)17-18)19-13-10-7-11-14-19/h7,10-11,13-14,16-17,23H,3-6,8-9,12,15H2,1-2H3. The van der Waals surface area contributed by atoms with Gasteiger partial charge in [-0.25, -0.2) is 0 Å². The molecule has 0 aliphatic carbocycles. The summed E-state index contributed by atoms with van der Waals surface area (Å²) >= 11 is 0. The van der Waals surface area contributed by atoms with Gasteiger partial charge in [0.1, 0.15) is 5.75 Å². The summed E-state index contributed by atoms with van der Waals surface area (Å²) in [5.41, 5.74) is 4.73. The molecule has 2 rings (SSSR count). The van der Waals surface area contributed by atoms with Crippen molar-refractivity contribution in [3.05, 3.63) is 53.6 Å². The Labute approximate surface area is 141 Å². The summed E-state index contributed by atoms with van der Waals surface area (Å²) in [5.74, 6) is 0.441. The van der Waals surface area contributed by atoms with Gasteiger partial charge in [0.2, 0.25) is 0 Å². The molecular formula is C22H30O. The molecule has 0 radical (unpaired) electrons. The van der Waals surface area contributed by atoms with E-state index in [1.54, 1.807) is 0 Å². The van der Waals surface area contributed by atoms with Crippen molar-refractivity contribution in [2.45, 2.75) is 65.2 Å². The number of hydrogen-bond donors (Lipinski definition) is 1. The maximum atomic E-state index is 10.6. The Balaban J connectivity index is 2.31. The Hall–Kier alpha value is -1.76. The number of rotatable bonds is 9. The lowest BCUT2D eigenvalue weighted by Gasteiger charge is -2.15. The van der Waals surface area contributed by atoms with Gasteiger partial charge in [0.05, 0.1) is 0 Å². The first-order valence-electron chi connectivity index (χ1n) is 9.16. The molecule has 1 N–H and O–H groups in total. The van der Waals surface area contributed by atoms with E-state index in [-0.39, 0.29) is 0 Å². The monoisotopic (exact) mass is 310 g/mol. The van der Waals surface area contributed by atoms with Crippen LogP contribution in [0.4, 0.5) is 0 Å². The molecule has 0 amide bonds. The fourth-order valence-corrected chi connectivity index (χ4v) is 3.17. The van der Waals surface area contributed by atoms with Gasteiger partial charge in [-0.1, -0.05) is 75.9 Å². The van der Waals surface area contributed by atoms with Gasteiger partial charge >= 0.3 is 0 Å². The average molecular weight is 310 g/mol. The highest BCUT2D eigenvalue weighted by Gasteiger charge is 2.12. The average Bonchev–Trinajstić information content (AvgIpc) is 2.56. The van der Waals surface area contributed by atoms with Gasteiger partial charge in [0, 0.05) is 5.56 Å². The van der Waals surface area contributed by atoms with Crippen molar-refractivity contribution >= 4 is 0 Å². The Morgan fingerprint density at radius 1 is 0.783 bits per heavy atom. The lowest BCUT2D eigenvalue weighted by molar-refractivity contribution is 0.475. The predicted octanol–water partition coefficient (Wildman–Crippen LogP) is 6.52. The summed E-state index contributed by atoms with van der Waals surface area (Å²) in [6.45, 7) is 4.46. The van der Waals surface area contributed by atoms with E-state index in [0.717, 1.165) is 24.0 Å². The van der Waals surface area contributed by atoms with Crippen LogP contribution in [-0.2, 0) is 12.8 Å². The van der Waals surface area contributed by atoms with Crippen molar-refractivity contribution in [2.75, 3.05) is 0 Å². The molecule has 0 aromatic heterocycles. The third-order valence-corrected chi connectivity index (χ3v) is 4.44. The second kappa shape index (κ2) is 9.39. The van der Waals surface area contributed by atoms with Crippen molar-refractivity contribution in [1.29, 1.82) is 0 Å². The molecule has 0 saturated carbocycles. The lowest BCUT2D eigenvalue weighted by atomic mass is 9.91. The van der Waals surface area contributed by atoms with Gasteiger partial charge in [-0.3, -0.25) is 0 Å². The minimum Gasteiger partial charge on any atom is -0.507 e. The van der Waals surface area contributed by atoms with Crippen LogP contribution >= 0.6 is 0 Å². The molecule has 0 fully saturated rings. The van der Waals surface area contributed by atoms with E-state index < -0.39 is 0 Å². The summed E-state index contributed by atoms with van der Waals surface area (Å²) < 4.78 is 0. The largest absolute Gasteiger partial charge is 0.507 e. The van der Waals surface area contributed by atoms with Crippen molar-refractivity contribution in [3.8, 4) is 16.9 Å². The second-order valence-corrected chi connectivity index (χ2v) is 6.43. The smallest absolute Gasteiger partial charge is 0.123 e. The Kier molecular flexibility index (Phi) is 7.19. The van der Waals surface area contributed by atoms with Crippen LogP contribution in [-0.4, -0.2) is 5.11 Å².